The topological polar surface area (TPSA) is 108 Å². The van der Waals surface area contributed by atoms with E-state index in [4.69, 9.17) is 21.1 Å². The minimum Gasteiger partial charge on any atom is -0.465 e. The SMILES string of the molecule is CCOC(=O)C1(C(=O)OCC)CC1n1cnc2c(NC)nc(Cl)nc21. The molecule has 1 fully saturated rings. The number of anilines is 1. The van der Waals surface area contributed by atoms with E-state index >= 15 is 0 Å². The summed E-state index contributed by atoms with van der Waals surface area (Å²) in [5.74, 6) is -0.740. The van der Waals surface area contributed by atoms with Crippen molar-refractivity contribution in [2.75, 3.05) is 25.6 Å². The van der Waals surface area contributed by atoms with Crippen LogP contribution in [0.2, 0.25) is 5.28 Å². The second-order valence-electron chi connectivity index (χ2n) is 5.55. The number of halogens is 1. The second kappa shape index (κ2) is 6.47. The van der Waals surface area contributed by atoms with Crippen LogP contribution in [-0.4, -0.2) is 51.7 Å². The summed E-state index contributed by atoms with van der Waals surface area (Å²) in [6, 6.07) is -0.494. The maximum absolute atomic E-state index is 12.4. The molecule has 1 atom stereocenters. The molecule has 2 aromatic rings. The van der Waals surface area contributed by atoms with Gasteiger partial charge < -0.3 is 19.4 Å². The second-order valence-corrected chi connectivity index (χ2v) is 5.89. The monoisotopic (exact) mass is 367 g/mol. The maximum Gasteiger partial charge on any atom is 0.325 e. The highest BCUT2D eigenvalue weighted by molar-refractivity contribution is 6.28. The van der Waals surface area contributed by atoms with Crippen LogP contribution in [-0.2, 0) is 19.1 Å². The highest BCUT2D eigenvalue weighted by Crippen LogP contribution is 2.58. The molecule has 1 N–H and O–H groups in total. The van der Waals surface area contributed by atoms with Gasteiger partial charge in [-0.15, -0.1) is 0 Å². The van der Waals surface area contributed by atoms with Crippen molar-refractivity contribution in [2.24, 2.45) is 5.41 Å². The van der Waals surface area contributed by atoms with Crippen molar-refractivity contribution in [3.63, 3.8) is 0 Å². The summed E-state index contributed by atoms with van der Waals surface area (Å²) in [5, 5.41) is 2.93. The van der Waals surface area contributed by atoms with E-state index in [0.29, 0.717) is 17.0 Å². The molecule has 2 aromatic heterocycles. The van der Waals surface area contributed by atoms with Gasteiger partial charge >= 0.3 is 11.9 Å². The summed E-state index contributed by atoms with van der Waals surface area (Å²) in [4.78, 5) is 37.4. The first-order valence-electron chi connectivity index (χ1n) is 7.91. The Kier molecular flexibility index (Phi) is 4.51. The third-order valence-electron chi connectivity index (χ3n) is 4.17. The van der Waals surface area contributed by atoms with E-state index in [2.05, 4.69) is 20.3 Å². The molecule has 1 aliphatic rings. The zero-order valence-electron chi connectivity index (χ0n) is 14.1. The Morgan fingerprint density at radius 1 is 1.32 bits per heavy atom. The quantitative estimate of drug-likeness (QED) is 0.465. The van der Waals surface area contributed by atoms with Crippen molar-refractivity contribution in [2.45, 2.75) is 26.3 Å². The van der Waals surface area contributed by atoms with E-state index < -0.39 is 23.4 Å². The van der Waals surface area contributed by atoms with Gasteiger partial charge in [-0.05, 0) is 31.9 Å². The molecule has 1 saturated carbocycles. The molecule has 0 aromatic carbocycles. The van der Waals surface area contributed by atoms with Gasteiger partial charge in [0, 0.05) is 7.05 Å². The maximum atomic E-state index is 12.4. The molecule has 10 heteroatoms. The summed E-state index contributed by atoms with van der Waals surface area (Å²) in [6.07, 6.45) is 1.77. The summed E-state index contributed by atoms with van der Waals surface area (Å²) in [6.45, 7) is 3.73. The van der Waals surface area contributed by atoms with Crippen molar-refractivity contribution in [3.05, 3.63) is 11.6 Å². The number of ether oxygens (including phenoxy) is 2. The predicted molar refractivity (Wildman–Crippen MR) is 89.2 cm³/mol. The van der Waals surface area contributed by atoms with Crippen LogP contribution in [0.4, 0.5) is 5.82 Å². The number of fused-ring (bicyclic) bond motifs is 1. The Balaban J connectivity index is 2.05. The fourth-order valence-electron chi connectivity index (χ4n) is 2.92. The number of hydrogen-bond acceptors (Lipinski definition) is 8. The van der Waals surface area contributed by atoms with E-state index in [1.165, 1.54) is 6.33 Å². The first kappa shape index (κ1) is 17.4. The van der Waals surface area contributed by atoms with E-state index in [9.17, 15) is 9.59 Å². The highest BCUT2D eigenvalue weighted by Gasteiger charge is 2.69. The lowest BCUT2D eigenvalue weighted by Gasteiger charge is -2.15. The Morgan fingerprint density at radius 2 is 1.96 bits per heavy atom. The van der Waals surface area contributed by atoms with Gasteiger partial charge in [0.2, 0.25) is 5.28 Å². The number of nitrogens with one attached hydrogen (secondary N) is 1. The van der Waals surface area contributed by atoms with Gasteiger partial charge in [-0.1, -0.05) is 0 Å². The number of hydrogen-bond donors (Lipinski definition) is 1. The third kappa shape index (κ3) is 2.68. The Morgan fingerprint density at radius 3 is 2.52 bits per heavy atom. The van der Waals surface area contributed by atoms with Crippen molar-refractivity contribution in [1.29, 1.82) is 0 Å². The van der Waals surface area contributed by atoms with Crippen LogP contribution in [0.5, 0.6) is 0 Å². The first-order valence-corrected chi connectivity index (χ1v) is 8.29. The Bertz CT molecular complexity index is 819. The Hall–Kier alpha value is -2.42. The number of imidazole rings is 1. The largest absolute Gasteiger partial charge is 0.465 e. The van der Waals surface area contributed by atoms with Gasteiger partial charge in [-0.25, -0.2) is 4.98 Å². The molecule has 0 saturated heterocycles. The molecule has 1 unspecified atom stereocenters. The van der Waals surface area contributed by atoms with Crippen LogP contribution >= 0.6 is 11.6 Å². The number of aromatic nitrogens is 4. The number of carbonyl (C=O) groups is 2. The third-order valence-corrected chi connectivity index (χ3v) is 4.34. The van der Waals surface area contributed by atoms with Gasteiger partial charge in [0.05, 0.1) is 25.6 Å². The van der Waals surface area contributed by atoms with Crippen LogP contribution in [0.15, 0.2) is 6.33 Å². The lowest BCUT2D eigenvalue weighted by Crippen LogP contribution is -2.32. The average molecular weight is 368 g/mol. The van der Waals surface area contributed by atoms with Crippen LogP contribution in [0.1, 0.15) is 26.3 Å². The first-order chi connectivity index (χ1) is 12.0. The lowest BCUT2D eigenvalue weighted by atomic mass is 10.1. The highest BCUT2D eigenvalue weighted by atomic mass is 35.5. The summed E-state index contributed by atoms with van der Waals surface area (Å²) >= 11 is 5.97. The molecule has 3 rings (SSSR count). The lowest BCUT2D eigenvalue weighted by molar-refractivity contribution is -0.164. The smallest absolute Gasteiger partial charge is 0.325 e. The number of esters is 2. The fourth-order valence-corrected chi connectivity index (χ4v) is 3.08. The van der Waals surface area contributed by atoms with Gasteiger partial charge in [0.25, 0.3) is 0 Å². The van der Waals surface area contributed by atoms with Crippen molar-refractivity contribution >= 4 is 40.5 Å². The normalized spacial score (nSPS) is 18.0. The van der Waals surface area contributed by atoms with Crippen LogP contribution in [0.25, 0.3) is 11.2 Å². The van der Waals surface area contributed by atoms with Crippen LogP contribution in [0, 0.1) is 5.41 Å². The average Bonchev–Trinajstić information content (AvgIpc) is 3.21. The molecule has 1 aliphatic carbocycles. The molecule has 9 nitrogen and oxygen atoms in total. The molecule has 25 heavy (non-hydrogen) atoms. The van der Waals surface area contributed by atoms with Crippen LogP contribution in [0.3, 0.4) is 0 Å². The molecule has 0 radical (unpaired) electrons. The predicted octanol–water partition coefficient (Wildman–Crippen LogP) is 1.58. The summed E-state index contributed by atoms with van der Waals surface area (Å²) < 4.78 is 11.9. The minimum absolute atomic E-state index is 0.0390. The van der Waals surface area contributed by atoms with E-state index in [1.807, 2.05) is 0 Å². The molecule has 0 amide bonds. The minimum atomic E-state index is -1.38. The summed E-state index contributed by atoms with van der Waals surface area (Å²) in [5.41, 5.74) is -0.443. The molecule has 0 spiro atoms. The standard InChI is InChI=1S/C15H18ClN5O4/c1-4-24-12(22)15(13(23)25-5-2)6-8(15)21-7-18-9-10(17-3)19-14(16)20-11(9)21/h7-8H,4-6H2,1-3H3,(H,17,19,20). The number of rotatable bonds is 6. The van der Waals surface area contributed by atoms with Crippen molar-refractivity contribution < 1.29 is 19.1 Å². The van der Waals surface area contributed by atoms with E-state index in [0.717, 1.165) is 0 Å². The van der Waals surface area contributed by atoms with Crippen molar-refractivity contribution in [3.8, 4) is 0 Å². The Labute approximate surface area is 148 Å². The van der Waals surface area contributed by atoms with E-state index in [-0.39, 0.29) is 24.9 Å². The molecular formula is C15H18ClN5O4. The fraction of sp³-hybridized carbons (Fsp3) is 0.533. The van der Waals surface area contributed by atoms with Gasteiger partial charge in [-0.2, -0.15) is 9.97 Å². The summed E-state index contributed by atoms with van der Waals surface area (Å²) in [7, 11) is 1.69. The van der Waals surface area contributed by atoms with Crippen molar-refractivity contribution in [1.82, 2.24) is 19.5 Å². The molecule has 0 aliphatic heterocycles. The van der Waals surface area contributed by atoms with Gasteiger partial charge in [-0.3, -0.25) is 9.59 Å². The molecule has 134 valence electrons. The van der Waals surface area contributed by atoms with Gasteiger partial charge in [0.15, 0.2) is 22.4 Å². The van der Waals surface area contributed by atoms with Gasteiger partial charge in [0.1, 0.15) is 0 Å². The molecular weight excluding hydrogens is 350 g/mol. The molecule has 2 heterocycles. The molecule has 0 bridgehead atoms. The van der Waals surface area contributed by atoms with E-state index in [1.54, 1.807) is 25.5 Å². The number of carbonyl (C=O) groups excluding carboxylic acids is 2. The van der Waals surface area contributed by atoms with Crippen LogP contribution < -0.4 is 5.32 Å². The zero-order chi connectivity index (χ0) is 18.2. The zero-order valence-corrected chi connectivity index (χ0v) is 14.8. The number of nitrogens with zero attached hydrogens (tertiary/aromatic N) is 4.